The number of carbonyl (C=O) groups excluding carboxylic acids is 2. The molecular weight excluding hydrogens is 372 g/mol. The first-order chi connectivity index (χ1) is 13.7. The van der Waals surface area contributed by atoms with E-state index in [0.29, 0.717) is 18.7 Å². The monoisotopic (exact) mass is 392 g/mol. The van der Waals surface area contributed by atoms with E-state index in [-0.39, 0.29) is 17.5 Å². The SMILES string of the molecule is O=C(NCCNc1ccccn1)/C(=C\c1cccs1)NC(=O)c1ccccc1. The molecule has 142 valence electrons. The molecule has 0 atom stereocenters. The zero-order chi connectivity index (χ0) is 19.6. The molecule has 7 heteroatoms. The van der Waals surface area contributed by atoms with Crippen molar-refractivity contribution in [2.45, 2.75) is 0 Å². The Labute approximate surface area is 167 Å². The van der Waals surface area contributed by atoms with Crippen molar-refractivity contribution in [3.05, 3.63) is 88.4 Å². The van der Waals surface area contributed by atoms with Crippen molar-refractivity contribution in [1.29, 1.82) is 0 Å². The molecule has 2 heterocycles. The van der Waals surface area contributed by atoms with Gasteiger partial charge in [-0.3, -0.25) is 9.59 Å². The minimum absolute atomic E-state index is 0.203. The lowest BCUT2D eigenvalue weighted by Gasteiger charge is -2.11. The van der Waals surface area contributed by atoms with E-state index in [1.165, 1.54) is 11.3 Å². The molecular formula is C21H20N4O2S. The highest BCUT2D eigenvalue weighted by atomic mass is 32.1. The molecule has 2 amide bonds. The summed E-state index contributed by atoms with van der Waals surface area (Å²) >= 11 is 1.49. The number of nitrogens with one attached hydrogen (secondary N) is 3. The molecule has 6 nitrogen and oxygen atoms in total. The summed E-state index contributed by atoms with van der Waals surface area (Å²) in [7, 11) is 0. The van der Waals surface area contributed by atoms with Crippen LogP contribution in [0.1, 0.15) is 15.2 Å². The largest absolute Gasteiger partial charge is 0.368 e. The highest BCUT2D eigenvalue weighted by Crippen LogP contribution is 2.13. The Kier molecular flexibility index (Phi) is 6.92. The molecule has 28 heavy (non-hydrogen) atoms. The van der Waals surface area contributed by atoms with E-state index < -0.39 is 0 Å². The number of hydrogen-bond acceptors (Lipinski definition) is 5. The van der Waals surface area contributed by atoms with Gasteiger partial charge >= 0.3 is 0 Å². The van der Waals surface area contributed by atoms with Gasteiger partial charge in [-0.25, -0.2) is 4.98 Å². The quantitative estimate of drug-likeness (QED) is 0.406. The molecule has 0 bridgehead atoms. The van der Waals surface area contributed by atoms with Gasteiger partial charge in [0.2, 0.25) is 0 Å². The molecule has 0 fully saturated rings. The predicted octanol–water partition coefficient (Wildman–Crippen LogP) is 3.14. The number of carbonyl (C=O) groups is 2. The fourth-order valence-corrected chi connectivity index (χ4v) is 3.04. The average molecular weight is 392 g/mol. The van der Waals surface area contributed by atoms with Gasteiger partial charge in [0.1, 0.15) is 11.5 Å². The summed E-state index contributed by atoms with van der Waals surface area (Å²) in [6.07, 6.45) is 3.37. The number of aromatic nitrogens is 1. The van der Waals surface area contributed by atoms with Crippen LogP contribution in [0.4, 0.5) is 5.82 Å². The number of amides is 2. The third kappa shape index (κ3) is 5.78. The zero-order valence-corrected chi connectivity index (χ0v) is 15.9. The topological polar surface area (TPSA) is 83.1 Å². The molecule has 0 aliphatic carbocycles. The van der Waals surface area contributed by atoms with Crippen molar-refractivity contribution in [3.8, 4) is 0 Å². The number of rotatable bonds is 8. The van der Waals surface area contributed by atoms with Crippen LogP contribution in [-0.2, 0) is 4.79 Å². The van der Waals surface area contributed by atoms with Crippen LogP contribution < -0.4 is 16.0 Å². The van der Waals surface area contributed by atoms with E-state index in [0.717, 1.165) is 10.7 Å². The molecule has 0 aliphatic rings. The summed E-state index contributed by atoms with van der Waals surface area (Å²) in [5.41, 5.74) is 0.693. The van der Waals surface area contributed by atoms with Gasteiger partial charge in [0.15, 0.2) is 0 Å². The lowest BCUT2D eigenvalue weighted by atomic mass is 10.2. The van der Waals surface area contributed by atoms with Crippen LogP contribution in [0.25, 0.3) is 6.08 Å². The second-order valence-corrected chi connectivity index (χ2v) is 6.77. The minimum Gasteiger partial charge on any atom is -0.368 e. The molecule has 0 aliphatic heterocycles. The molecule has 2 aromatic heterocycles. The molecule has 3 rings (SSSR count). The highest BCUT2D eigenvalue weighted by molar-refractivity contribution is 7.10. The second-order valence-electron chi connectivity index (χ2n) is 5.79. The zero-order valence-electron chi connectivity index (χ0n) is 15.1. The van der Waals surface area contributed by atoms with Gasteiger partial charge in [0.25, 0.3) is 11.8 Å². The fraction of sp³-hybridized carbons (Fsp3) is 0.0952. The van der Waals surface area contributed by atoms with E-state index in [9.17, 15) is 9.59 Å². The maximum absolute atomic E-state index is 12.6. The molecule has 0 saturated carbocycles. The van der Waals surface area contributed by atoms with Crippen molar-refractivity contribution >= 4 is 35.0 Å². The predicted molar refractivity (Wildman–Crippen MR) is 112 cm³/mol. The van der Waals surface area contributed by atoms with Gasteiger partial charge in [0.05, 0.1) is 0 Å². The van der Waals surface area contributed by atoms with E-state index in [1.807, 2.05) is 41.8 Å². The van der Waals surface area contributed by atoms with E-state index in [2.05, 4.69) is 20.9 Å². The van der Waals surface area contributed by atoms with Crippen LogP contribution in [0.2, 0.25) is 0 Å². The Balaban J connectivity index is 1.61. The van der Waals surface area contributed by atoms with Crippen molar-refractivity contribution in [2.75, 3.05) is 18.4 Å². The maximum Gasteiger partial charge on any atom is 0.267 e. The second kappa shape index (κ2) is 10.0. The number of pyridine rings is 1. The molecule has 0 spiro atoms. The Morgan fingerprint density at radius 1 is 0.964 bits per heavy atom. The van der Waals surface area contributed by atoms with Crippen molar-refractivity contribution < 1.29 is 9.59 Å². The van der Waals surface area contributed by atoms with Crippen LogP contribution in [-0.4, -0.2) is 29.9 Å². The Hall–Kier alpha value is -3.45. The molecule has 1 aromatic carbocycles. The van der Waals surface area contributed by atoms with Gasteiger partial charge < -0.3 is 16.0 Å². The molecule has 0 unspecified atom stereocenters. The highest BCUT2D eigenvalue weighted by Gasteiger charge is 2.14. The first-order valence-electron chi connectivity index (χ1n) is 8.77. The Morgan fingerprint density at radius 2 is 1.79 bits per heavy atom. The molecule has 3 aromatic rings. The van der Waals surface area contributed by atoms with Crippen LogP contribution in [0.15, 0.2) is 77.9 Å². The molecule has 3 N–H and O–H groups in total. The van der Waals surface area contributed by atoms with E-state index in [1.54, 1.807) is 36.5 Å². The van der Waals surface area contributed by atoms with Crippen LogP contribution in [0, 0.1) is 0 Å². The molecule has 0 radical (unpaired) electrons. The third-order valence-electron chi connectivity index (χ3n) is 3.74. The Morgan fingerprint density at radius 3 is 2.50 bits per heavy atom. The number of hydrogen-bond donors (Lipinski definition) is 3. The van der Waals surface area contributed by atoms with Crippen molar-refractivity contribution in [3.63, 3.8) is 0 Å². The summed E-state index contributed by atoms with van der Waals surface area (Å²) in [5, 5.41) is 10.6. The van der Waals surface area contributed by atoms with Gasteiger partial charge in [-0.05, 0) is 41.8 Å². The summed E-state index contributed by atoms with van der Waals surface area (Å²) < 4.78 is 0. The fourth-order valence-electron chi connectivity index (χ4n) is 2.39. The summed E-state index contributed by atoms with van der Waals surface area (Å²) in [6.45, 7) is 0.903. The first kappa shape index (κ1) is 19.3. The maximum atomic E-state index is 12.6. The van der Waals surface area contributed by atoms with E-state index in [4.69, 9.17) is 0 Å². The van der Waals surface area contributed by atoms with Crippen LogP contribution in [0.3, 0.4) is 0 Å². The van der Waals surface area contributed by atoms with Crippen LogP contribution >= 0.6 is 11.3 Å². The average Bonchev–Trinajstić information content (AvgIpc) is 3.25. The smallest absolute Gasteiger partial charge is 0.267 e. The summed E-state index contributed by atoms with van der Waals surface area (Å²) in [5.74, 6) is 0.0640. The first-order valence-corrected chi connectivity index (χ1v) is 9.65. The van der Waals surface area contributed by atoms with Crippen LogP contribution in [0.5, 0.6) is 0 Å². The van der Waals surface area contributed by atoms with Gasteiger partial charge in [-0.1, -0.05) is 30.3 Å². The summed E-state index contributed by atoms with van der Waals surface area (Å²) in [4.78, 5) is 30.1. The Bertz CT molecular complexity index is 926. The lowest BCUT2D eigenvalue weighted by Crippen LogP contribution is -2.36. The van der Waals surface area contributed by atoms with Gasteiger partial charge in [-0.2, -0.15) is 0 Å². The third-order valence-corrected chi connectivity index (χ3v) is 4.56. The van der Waals surface area contributed by atoms with Gasteiger partial charge in [0, 0.05) is 29.7 Å². The van der Waals surface area contributed by atoms with Crippen molar-refractivity contribution in [1.82, 2.24) is 15.6 Å². The van der Waals surface area contributed by atoms with E-state index >= 15 is 0 Å². The summed E-state index contributed by atoms with van der Waals surface area (Å²) in [6, 6.07) is 18.1. The number of benzene rings is 1. The molecule has 0 saturated heterocycles. The number of thiophene rings is 1. The van der Waals surface area contributed by atoms with Gasteiger partial charge in [-0.15, -0.1) is 11.3 Å². The minimum atomic E-state index is -0.347. The number of anilines is 1. The normalized spacial score (nSPS) is 10.9. The van der Waals surface area contributed by atoms with Crippen molar-refractivity contribution in [2.24, 2.45) is 0 Å². The number of nitrogens with zero attached hydrogens (tertiary/aromatic N) is 1. The standard InChI is InChI=1S/C21H20N4O2S/c26-20(16-7-2-1-3-8-16)25-18(15-17-9-6-14-28-17)21(27)24-13-12-23-19-10-4-5-11-22-19/h1-11,14-15H,12-13H2,(H,22,23)(H,24,27)(H,25,26)/b18-15+. The lowest BCUT2D eigenvalue weighted by molar-refractivity contribution is -0.117.